The van der Waals surface area contributed by atoms with Gasteiger partial charge < -0.3 is 9.73 Å². The van der Waals surface area contributed by atoms with E-state index >= 15 is 0 Å². The van der Waals surface area contributed by atoms with Crippen LogP contribution in [0.4, 0.5) is 10.1 Å². The van der Waals surface area contributed by atoms with Crippen molar-refractivity contribution in [2.24, 2.45) is 0 Å². The molecule has 0 aliphatic rings. The van der Waals surface area contributed by atoms with Crippen molar-refractivity contribution < 1.29 is 8.81 Å². The number of halogens is 1. The molecule has 4 nitrogen and oxygen atoms in total. The summed E-state index contributed by atoms with van der Waals surface area (Å²) >= 11 is 0. The predicted molar refractivity (Wildman–Crippen MR) is 103 cm³/mol. The fraction of sp³-hybridized carbons (Fsp3) is 0.0909. The number of rotatable bonds is 5. The number of benzene rings is 3. The normalized spacial score (nSPS) is 11.9. The van der Waals surface area contributed by atoms with Gasteiger partial charge in [-0.2, -0.15) is 0 Å². The Morgan fingerprint density at radius 3 is 2.30 bits per heavy atom. The minimum absolute atomic E-state index is 0.162. The molecule has 4 rings (SSSR count). The van der Waals surface area contributed by atoms with Crippen molar-refractivity contribution in [3.8, 4) is 11.5 Å². The van der Waals surface area contributed by atoms with Crippen LogP contribution in [0.3, 0.4) is 0 Å². The number of hydrogen-bond donors (Lipinski definition) is 1. The summed E-state index contributed by atoms with van der Waals surface area (Å²) in [5, 5.41) is 11.7. The smallest absolute Gasteiger partial charge is 0.250 e. The standard InChI is InChI=1S/C22H18FN3O/c1-15-11-13-17(14-12-15)24-20(16-7-3-2-4-8-16)22-26-25-21(27-22)18-9-5-6-10-19(18)23/h2-14,20,24H,1H3/t20-/m1/s1. The lowest BCUT2D eigenvalue weighted by atomic mass is 10.1. The zero-order valence-electron chi connectivity index (χ0n) is 14.8. The van der Waals surface area contributed by atoms with Gasteiger partial charge in [-0.1, -0.05) is 60.2 Å². The highest BCUT2D eigenvalue weighted by atomic mass is 19.1. The fourth-order valence-electron chi connectivity index (χ4n) is 2.84. The minimum Gasteiger partial charge on any atom is -0.418 e. The van der Waals surface area contributed by atoms with Gasteiger partial charge in [0.1, 0.15) is 11.9 Å². The number of aryl methyl sites for hydroxylation is 1. The summed E-state index contributed by atoms with van der Waals surface area (Å²) in [5.74, 6) is 0.144. The molecule has 0 bridgehead atoms. The molecule has 0 saturated heterocycles. The molecule has 0 unspecified atom stereocenters. The SMILES string of the molecule is Cc1ccc(N[C@H](c2ccccc2)c2nnc(-c3ccccc3F)o2)cc1. The van der Waals surface area contributed by atoms with Crippen LogP contribution in [0.5, 0.6) is 0 Å². The largest absolute Gasteiger partial charge is 0.418 e. The van der Waals surface area contributed by atoms with Crippen LogP contribution in [0, 0.1) is 12.7 Å². The first-order valence-electron chi connectivity index (χ1n) is 8.67. The molecule has 5 heteroatoms. The highest BCUT2D eigenvalue weighted by molar-refractivity contribution is 5.54. The molecule has 1 heterocycles. The summed E-state index contributed by atoms with van der Waals surface area (Å²) in [5.41, 5.74) is 3.37. The molecule has 1 atom stereocenters. The molecule has 0 amide bonds. The molecular weight excluding hydrogens is 341 g/mol. The van der Waals surface area contributed by atoms with Gasteiger partial charge in [0, 0.05) is 5.69 Å². The third-order valence-corrected chi connectivity index (χ3v) is 4.29. The molecule has 0 aliphatic heterocycles. The number of nitrogens with one attached hydrogen (secondary N) is 1. The van der Waals surface area contributed by atoms with Crippen LogP contribution in [-0.2, 0) is 0 Å². The highest BCUT2D eigenvalue weighted by Gasteiger charge is 2.22. The first-order chi connectivity index (χ1) is 13.2. The van der Waals surface area contributed by atoms with Crippen molar-refractivity contribution in [2.45, 2.75) is 13.0 Å². The Morgan fingerprint density at radius 1 is 0.852 bits per heavy atom. The van der Waals surface area contributed by atoms with E-state index in [1.165, 1.54) is 11.6 Å². The van der Waals surface area contributed by atoms with Crippen molar-refractivity contribution in [1.29, 1.82) is 0 Å². The maximum atomic E-state index is 14.0. The van der Waals surface area contributed by atoms with Gasteiger partial charge in [0.2, 0.25) is 5.89 Å². The number of hydrogen-bond acceptors (Lipinski definition) is 4. The average Bonchev–Trinajstić information content (AvgIpc) is 3.18. The van der Waals surface area contributed by atoms with Gasteiger partial charge in [0.05, 0.1) is 5.56 Å². The maximum absolute atomic E-state index is 14.0. The number of nitrogens with zero attached hydrogens (tertiary/aromatic N) is 2. The average molecular weight is 359 g/mol. The quantitative estimate of drug-likeness (QED) is 0.519. The van der Waals surface area contributed by atoms with E-state index in [4.69, 9.17) is 4.42 Å². The van der Waals surface area contributed by atoms with Crippen LogP contribution >= 0.6 is 0 Å². The van der Waals surface area contributed by atoms with Crippen molar-refractivity contribution in [2.75, 3.05) is 5.32 Å². The zero-order chi connectivity index (χ0) is 18.6. The van der Waals surface area contributed by atoms with E-state index in [1.807, 2.05) is 61.5 Å². The first kappa shape index (κ1) is 17.0. The monoisotopic (exact) mass is 359 g/mol. The fourth-order valence-corrected chi connectivity index (χ4v) is 2.84. The minimum atomic E-state index is -0.393. The predicted octanol–water partition coefficient (Wildman–Crippen LogP) is 5.39. The molecule has 0 fully saturated rings. The van der Waals surface area contributed by atoms with Gasteiger partial charge in [-0.25, -0.2) is 4.39 Å². The van der Waals surface area contributed by atoms with Crippen LogP contribution in [0.15, 0.2) is 83.3 Å². The Labute approximate surface area is 156 Å². The summed E-state index contributed by atoms with van der Waals surface area (Å²) in [4.78, 5) is 0. The van der Waals surface area contributed by atoms with Crippen LogP contribution in [-0.4, -0.2) is 10.2 Å². The summed E-state index contributed by atoms with van der Waals surface area (Å²) in [6, 6.07) is 23.9. The summed E-state index contributed by atoms with van der Waals surface area (Å²) in [7, 11) is 0. The van der Waals surface area contributed by atoms with Crippen LogP contribution in [0.25, 0.3) is 11.5 Å². The van der Waals surface area contributed by atoms with Crippen LogP contribution in [0.1, 0.15) is 23.1 Å². The Balaban J connectivity index is 1.71. The molecule has 1 aromatic heterocycles. The molecule has 0 spiro atoms. The second-order valence-corrected chi connectivity index (χ2v) is 6.28. The van der Waals surface area contributed by atoms with E-state index in [2.05, 4.69) is 15.5 Å². The summed E-state index contributed by atoms with van der Waals surface area (Å²) in [6.45, 7) is 2.04. The molecule has 4 aromatic rings. The summed E-state index contributed by atoms with van der Waals surface area (Å²) in [6.07, 6.45) is 0. The van der Waals surface area contributed by atoms with Crippen molar-refractivity contribution in [3.05, 3.63) is 102 Å². The second-order valence-electron chi connectivity index (χ2n) is 6.28. The van der Waals surface area contributed by atoms with Crippen molar-refractivity contribution >= 4 is 5.69 Å². The topological polar surface area (TPSA) is 51.0 Å². The van der Waals surface area contributed by atoms with Gasteiger partial charge in [-0.3, -0.25) is 0 Å². The Kier molecular flexibility index (Phi) is 4.66. The van der Waals surface area contributed by atoms with Gasteiger partial charge in [-0.05, 0) is 36.8 Å². The Bertz CT molecular complexity index is 1030. The third-order valence-electron chi connectivity index (χ3n) is 4.29. The molecule has 134 valence electrons. The lowest BCUT2D eigenvalue weighted by Gasteiger charge is -2.17. The van der Waals surface area contributed by atoms with Crippen LogP contribution < -0.4 is 5.32 Å². The second kappa shape index (κ2) is 7.41. The zero-order valence-corrected chi connectivity index (χ0v) is 14.8. The highest BCUT2D eigenvalue weighted by Crippen LogP contribution is 2.29. The Morgan fingerprint density at radius 2 is 1.56 bits per heavy atom. The van der Waals surface area contributed by atoms with E-state index in [-0.39, 0.29) is 11.9 Å². The third kappa shape index (κ3) is 3.72. The van der Waals surface area contributed by atoms with E-state index in [0.29, 0.717) is 11.5 Å². The van der Waals surface area contributed by atoms with Crippen molar-refractivity contribution in [3.63, 3.8) is 0 Å². The van der Waals surface area contributed by atoms with E-state index in [9.17, 15) is 4.39 Å². The van der Waals surface area contributed by atoms with Gasteiger partial charge in [-0.15, -0.1) is 10.2 Å². The first-order valence-corrected chi connectivity index (χ1v) is 8.67. The van der Waals surface area contributed by atoms with Gasteiger partial charge >= 0.3 is 0 Å². The lowest BCUT2D eigenvalue weighted by Crippen LogP contribution is -2.12. The molecule has 0 saturated carbocycles. The van der Waals surface area contributed by atoms with Crippen LogP contribution in [0.2, 0.25) is 0 Å². The van der Waals surface area contributed by atoms with Gasteiger partial charge in [0.15, 0.2) is 0 Å². The molecule has 27 heavy (non-hydrogen) atoms. The number of anilines is 1. The van der Waals surface area contributed by atoms with E-state index in [0.717, 1.165) is 11.3 Å². The molecule has 1 N–H and O–H groups in total. The summed E-state index contributed by atoms with van der Waals surface area (Å²) < 4.78 is 19.9. The molecule has 3 aromatic carbocycles. The molecule has 0 aliphatic carbocycles. The number of aromatic nitrogens is 2. The van der Waals surface area contributed by atoms with E-state index < -0.39 is 5.82 Å². The molecule has 0 radical (unpaired) electrons. The van der Waals surface area contributed by atoms with Crippen molar-refractivity contribution in [1.82, 2.24) is 10.2 Å². The van der Waals surface area contributed by atoms with E-state index in [1.54, 1.807) is 18.2 Å². The Hall–Kier alpha value is -3.47. The maximum Gasteiger partial charge on any atom is 0.250 e. The molecular formula is C22H18FN3O. The van der Waals surface area contributed by atoms with Gasteiger partial charge in [0.25, 0.3) is 5.89 Å². The lowest BCUT2D eigenvalue weighted by molar-refractivity contribution is 0.490.